The molecule has 0 fully saturated rings. The first kappa shape index (κ1) is 11.7. The van der Waals surface area contributed by atoms with Gasteiger partial charge in [0.05, 0.1) is 0 Å². The minimum atomic E-state index is -1.62. The zero-order valence-corrected chi connectivity index (χ0v) is 8.60. The second-order valence-corrected chi connectivity index (χ2v) is 3.22. The van der Waals surface area contributed by atoms with Gasteiger partial charge in [-0.2, -0.15) is 0 Å². The molecule has 0 saturated carbocycles. The predicted octanol–water partition coefficient (Wildman–Crippen LogP) is -0.494. The molecule has 0 aliphatic rings. The van der Waals surface area contributed by atoms with Crippen LogP contribution in [0.2, 0.25) is 0 Å². The number of rotatable bonds is 4. The largest absolute Gasteiger partial charge is 0.489 e. The summed E-state index contributed by atoms with van der Waals surface area (Å²) in [6.45, 7) is 2.53. The van der Waals surface area contributed by atoms with E-state index in [1.165, 1.54) is 6.07 Å². The van der Waals surface area contributed by atoms with Crippen LogP contribution in [0.1, 0.15) is 23.7 Å². The van der Waals surface area contributed by atoms with Crippen molar-refractivity contribution >= 4 is 18.5 Å². The number of benzene rings is 1. The Balaban J connectivity index is 2.87. The number of hydrogen-bond donors (Lipinski definition) is 3. The summed E-state index contributed by atoms with van der Waals surface area (Å²) in [7, 11) is -1.62. The van der Waals surface area contributed by atoms with E-state index in [9.17, 15) is 4.79 Å². The molecule has 0 saturated heterocycles. The quantitative estimate of drug-likeness (QED) is 0.583. The fourth-order valence-corrected chi connectivity index (χ4v) is 1.26. The van der Waals surface area contributed by atoms with Gasteiger partial charge in [-0.3, -0.25) is 4.79 Å². The van der Waals surface area contributed by atoms with E-state index in [2.05, 4.69) is 5.32 Å². The van der Waals surface area contributed by atoms with E-state index in [-0.39, 0.29) is 11.4 Å². The Bertz CT molecular complexity index is 341. The fraction of sp³-hybridized carbons (Fsp3) is 0.300. The lowest BCUT2D eigenvalue weighted by Crippen LogP contribution is -2.38. The van der Waals surface area contributed by atoms with Crippen LogP contribution in [-0.2, 0) is 0 Å². The summed E-state index contributed by atoms with van der Waals surface area (Å²) in [5, 5.41) is 20.8. The molecule has 0 aliphatic carbocycles. The van der Waals surface area contributed by atoms with Crippen molar-refractivity contribution in [3.8, 4) is 0 Å². The maximum atomic E-state index is 11.6. The van der Waals surface area contributed by atoms with Crippen molar-refractivity contribution in [1.82, 2.24) is 5.32 Å². The molecule has 1 aromatic rings. The SMILES string of the molecule is CCCNC(=O)c1ccccc1B(O)O. The van der Waals surface area contributed by atoms with Gasteiger partial charge in [-0.05, 0) is 17.9 Å². The predicted molar refractivity (Wildman–Crippen MR) is 58.9 cm³/mol. The van der Waals surface area contributed by atoms with Gasteiger partial charge in [0.25, 0.3) is 5.91 Å². The van der Waals surface area contributed by atoms with Crippen molar-refractivity contribution in [3.05, 3.63) is 29.8 Å². The molecule has 15 heavy (non-hydrogen) atoms. The summed E-state index contributed by atoms with van der Waals surface area (Å²) in [4.78, 5) is 11.6. The van der Waals surface area contributed by atoms with Crippen LogP contribution in [0.25, 0.3) is 0 Å². The highest BCUT2D eigenvalue weighted by atomic mass is 16.4. The molecule has 0 spiro atoms. The molecule has 1 aromatic carbocycles. The highest BCUT2D eigenvalue weighted by Crippen LogP contribution is 1.97. The average molecular weight is 207 g/mol. The Morgan fingerprint density at radius 1 is 1.40 bits per heavy atom. The molecule has 0 atom stereocenters. The van der Waals surface area contributed by atoms with E-state index in [1.54, 1.807) is 18.2 Å². The zero-order chi connectivity index (χ0) is 11.3. The fourth-order valence-electron chi connectivity index (χ4n) is 1.26. The molecule has 0 heterocycles. The van der Waals surface area contributed by atoms with Crippen molar-refractivity contribution in [2.45, 2.75) is 13.3 Å². The molecular formula is C10H14BNO3. The summed E-state index contributed by atoms with van der Waals surface area (Å²) >= 11 is 0. The number of carbonyl (C=O) groups is 1. The van der Waals surface area contributed by atoms with Crippen LogP contribution in [0.4, 0.5) is 0 Å². The molecule has 0 aromatic heterocycles. The smallest absolute Gasteiger partial charge is 0.423 e. The van der Waals surface area contributed by atoms with Crippen LogP contribution < -0.4 is 10.8 Å². The average Bonchev–Trinajstić information content (AvgIpc) is 2.25. The van der Waals surface area contributed by atoms with Crippen LogP contribution in [0, 0.1) is 0 Å². The first-order chi connectivity index (χ1) is 7.16. The molecule has 4 nitrogen and oxygen atoms in total. The zero-order valence-electron chi connectivity index (χ0n) is 8.60. The van der Waals surface area contributed by atoms with Crippen LogP contribution in [0.3, 0.4) is 0 Å². The highest BCUT2D eigenvalue weighted by molar-refractivity contribution is 6.60. The standard InChI is InChI=1S/C10H14BNO3/c1-2-7-12-10(13)8-5-3-4-6-9(8)11(14)15/h3-6,14-15H,2,7H2,1H3,(H,12,13). The van der Waals surface area contributed by atoms with Crippen molar-refractivity contribution in [1.29, 1.82) is 0 Å². The second-order valence-electron chi connectivity index (χ2n) is 3.22. The topological polar surface area (TPSA) is 69.6 Å². The Hall–Kier alpha value is -1.33. The first-order valence-corrected chi connectivity index (χ1v) is 4.90. The first-order valence-electron chi connectivity index (χ1n) is 4.90. The molecule has 3 N–H and O–H groups in total. The van der Waals surface area contributed by atoms with Gasteiger partial charge in [0.2, 0.25) is 0 Å². The molecule has 80 valence electrons. The summed E-state index contributed by atoms with van der Waals surface area (Å²) in [6.07, 6.45) is 0.843. The van der Waals surface area contributed by atoms with E-state index < -0.39 is 7.12 Å². The van der Waals surface area contributed by atoms with Gasteiger partial charge < -0.3 is 15.4 Å². The van der Waals surface area contributed by atoms with E-state index in [1.807, 2.05) is 6.92 Å². The Kier molecular flexibility index (Phi) is 4.33. The van der Waals surface area contributed by atoms with E-state index in [4.69, 9.17) is 10.0 Å². The van der Waals surface area contributed by atoms with E-state index in [0.29, 0.717) is 12.1 Å². The highest BCUT2D eigenvalue weighted by Gasteiger charge is 2.19. The third kappa shape index (κ3) is 3.07. The number of carbonyl (C=O) groups excluding carboxylic acids is 1. The summed E-state index contributed by atoms with van der Waals surface area (Å²) in [6, 6.07) is 6.43. The Morgan fingerprint density at radius 3 is 2.67 bits per heavy atom. The number of hydrogen-bond acceptors (Lipinski definition) is 3. The number of amides is 1. The maximum absolute atomic E-state index is 11.6. The van der Waals surface area contributed by atoms with Crippen LogP contribution in [0.5, 0.6) is 0 Å². The van der Waals surface area contributed by atoms with E-state index >= 15 is 0 Å². The molecule has 1 rings (SSSR count). The minimum absolute atomic E-state index is 0.228. The van der Waals surface area contributed by atoms with Crippen molar-refractivity contribution in [3.63, 3.8) is 0 Å². The third-order valence-electron chi connectivity index (χ3n) is 2.02. The van der Waals surface area contributed by atoms with Gasteiger partial charge in [0, 0.05) is 12.1 Å². The Labute approximate surface area is 89.1 Å². The second kappa shape index (κ2) is 5.53. The lowest BCUT2D eigenvalue weighted by molar-refractivity contribution is 0.0954. The Morgan fingerprint density at radius 2 is 2.07 bits per heavy atom. The molecule has 0 bridgehead atoms. The van der Waals surface area contributed by atoms with Crippen molar-refractivity contribution < 1.29 is 14.8 Å². The lowest BCUT2D eigenvalue weighted by Gasteiger charge is -2.08. The summed E-state index contributed by atoms with van der Waals surface area (Å²) in [5.41, 5.74) is 0.534. The van der Waals surface area contributed by atoms with Gasteiger partial charge in [0.15, 0.2) is 0 Å². The van der Waals surface area contributed by atoms with Crippen LogP contribution in [-0.4, -0.2) is 29.6 Å². The van der Waals surface area contributed by atoms with Crippen molar-refractivity contribution in [2.24, 2.45) is 0 Å². The van der Waals surface area contributed by atoms with Gasteiger partial charge in [0.1, 0.15) is 0 Å². The minimum Gasteiger partial charge on any atom is -0.423 e. The molecule has 1 amide bonds. The molecule has 0 radical (unpaired) electrons. The number of nitrogens with one attached hydrogen (secondary N) is 1. The molecule has 0 unspecified atom stereocenters. The van der Waals surface area contributed by atoms with Crippen LogP contribution in [0.15, 0.2) is 24.3 Å². The maximum Gasteiger partial charge on any atom is 0.489 e. The van der Waals surface area contributed by atoms with Gasteiger partial charge in [-0.1, -0.05) is 25.1 Å². The molecule has 5 heteroatoms. The molecule has 0 aliphatic heterocycles. The van der Waals surface area contributed by atoms with Crippen molar-refractivity contribution in [2.75, 3.05) is 6.54 Å². The lowest BCUT2D eigenvalue weighted by atomic mass is 9.77. The van der Waals surface area contributed by atoms with Gasteiger partial charge in [-0.25, -0.2) is 0 Å². The van der Waals surface area contributed by atoms with Gasteiger partial charge >= 0.3 is 7.12 Å². The molecular weight excluding hydrogens is 193 g/mol. The van der Waals surface area contributed by atoms with Gasteiger partial charge in [-0.15, -0.1) is 0 Å². The normalized spacial score (nSPS) is 9.80. The monoisotopic (exact) mass is 207 g/mol. The summed E-state index contributed by atoms with van der Waals surface area (Å²) < 4.78 is 0. The summed E-state index contributed by atoms with van der Waals surface area (Å²) in [5.74, 6) is -0.277. The van der Waals surface area contributed by atoms with Crippen LogP contribution >= 0.6 is 0 Å². The van der Waals surface area contributed by atoms with E-state index in [0.717, 1.165) is 6.42 Å². The third-order valence-corrected chi connectivity index (χ3v) is 2.02.